The minimum Gasteiger partial charge on any atom is -0.477 e. The van der Waals surface area contributed by atoms with E-state index in [0.29, 0.717) is 11.8 Å². The lowest BCUT2D eigenvalue weighted by Crippen LogP contribution is -2.72. The van der Waals surface area contributed by atoms with Crippen LogP contribution in [-0.4, -0.2) is 66.0 Å². The molecule has 0 aliphatic carbocycles. The van der Waals surface area contributed by atoms with E-state index >= 15 is 0 Å². The molecule has 0 bridgehead atoms. The number of fused-ring (bicyclic) bond motifs is 1. The molecule has 2 amide bonds. The molecule has 0 saturated carbocycles. The molecule has 0 radical (unpaired) electrons. The number of nitrogens with two attached hydrogens (primary N) is 1. The summed E-state index contributed by atoms with van der Waals surface area (Å²) in [6.45, 7) is 0. The molecular weight excluding hydrogens is 559 g/mol. The number of hydrogen-bond acceptors (Lipinski definition) is 12. The maximum absolute atomic E-state index is 12.8. The van der Waals surface area contributed by atoms with Gasteiger partial charge in [-0.1, -0.05) is 51.2 Å². The number of alkyl halides is 3. The molecule has 2 aliphatic rings. The van der Waals surface area contributed by atoms with E-state index in [4.69, 9.17) is 17.3 Å². The van der Waals surface area contributed by atoms with E-state index < -0.39 is 52.5 Å². The maximum atomic E-state index is 12.8. The van der Waals surface area contributed by atoms with Crippen LogP contribution in [0.4, 0.5) is 18.3 Å². The predicted molar refractivity (Wildman–Crippen MR) is 117 cm³/mol. The fourth-order valence-electron chi connectivity index (χ4n) is 3.47. The molecule has 5 N–H and O–H groups in total. The highest BCUT2D eigenvalue weighted by Crippen LogP contribution is 2.45. The SMILES string of the molecule is Nc1nc(/C(=N/O)C(=O)N[C@@H]2C(=O)N3C(C(=O)O)=C(Sc4nnc(C(F)(F)F)s4)CC[C@H]23)c(Cl)s1. The van der Waals surface area contributed by atoms with Crippen LogP contribution in [0.5, 0.6) is 0 Å². The van der Waals surface area contributed by atoms with Gasteiger partial charge in [-0.2, -0.15) is 13.2 Å². The Morgan fingerprint density at radius 3 is 2.57 bits per heavy atom. The van der Waals surface area contributed by atoms with E-state index in [1.807, 2.05) is 0 Å². The number of nitrogens with one attached hydrogen (secondary N) is 1. The van der Waals surface area contributed by atoms with Crippen molar-refractivity contribution in [2.24, 2.45) is 5.16 Å². The first kappa shape index (κ1) is 25.1. The van der Waals surface area contributed by atoms with Crippen LogP contribution in [0.15, 0.2) is 20.1 Å². The summed E-state index contributed by atoms with van der Waals surface area (Å²) in [6, 6.07) is -1.90. The molecule has 1 fully saturated rings. The largest absolute Gasteiger partial charge is 0.477 e. The topological polar surface area (TPSA) is 184 Å². The molecule has 186 valence electrons. The number of rotatable bonds is 6. The monoisotopic (exact) mass is 569 g/mol. The first-order chi connectivity index (χ1) is 16.4. The Morgan fingerprint density at radius 1 is 1.31 bits per heavy atom. The zero-order valence-corrected chi connectivity index (χ0v) is 19.9. The third kappa shape index (κ3) is 4.65. The number of anilines is 1. The highest BCUT2D eigenvalue weighted by Gasteiger charge is 2.54. The summed E-state index contributed by atoms with van der Waals surface area (Å²) in [5, 5.41) is 29.5. The van der Waals surface area contributed by atoms with E-state index in [-0.39, 0.29) is 48.6 Å². The van der Waals surface area contributed by atoms with Crippen molar-refractivity contribution in [2.45, 2.75) is 35.4 Å². The third-order valence-corrected chi connectivity index (χ3v) is 8.13. The van der Waals surface area contributed by atoms with Gasteiger partial charge in [-0.15, -0.1) is 10.2 Å². The van der Waals surface area contributed by atoms with Gasteiger partial charge in [0.1, 0.15) is 21.8 Å². The van der Waals surface area contributed by atoms with Gasteiger partial charge in [0, 0.05) is 4.91 Å². The number of carbonyl (C=O) groups is 3. The average molecular weight is 570 g/mol. The number of oxime groups is 1. The lowest BCUT2D eigenvalue weighted by molar-refractivity contribution is -0.155. The molecule has 35 heavy (non-hydrogen) atoms. The van der Waals surface area contributed by atoms with Crippen molar-refractivity contribution in [2.75, 3.05) is 5.73 Å². The summed E-state index contributed by atoms with van der Waals surface area (Å²) in [5.74, 6) is -3.24. The van der Waals surface area contributed by atoms with Crippen LogP contribution < -0.4 is 11.1 Å². The second kappa shape index (κ2) is 9.25. The zero-order chi connectivity index (χ0) is 25.7. The van der Waals surface area contributed by atoms with Gasteiger partial charge in [0.05, 0.1) is 6.04 Å². The molecule has 2 aromatic heterocycles. The fraction of sp³-hybridized carbons (Fsp3) is 0.312. The number of aliphatic carboxylic acids is 1. The number of aromatic nitrogens is 3. The number of β-lactam (4-membered cyclic amide) rings is 1. The first-order valence-electron chi connectivity index (χ1n) is 9.25. The number of amides is 2. The second-order valence-electron chi connectivity index (χ2n) is 6.94. The molecule has 0 unspecified atom stereocenters. The van der Waals surface area contributed by atoms with Crippen LogP contribution in [0.3, 0.4) is 0 Å². The van der Waals surface area contributed by atoms with Crippen molar-refractivity contribution in [3.8, 4) is 0 Å². The Kier molecular flexibility index (Phi) is 6.64. The van der Waals surface area contributed by atoms with Crippen molar-refractivity contribution < 1.29 is 37.9 Å². The lowest BCUT2D eigenvalue weighted by Gasteiger charge is -2.49. The summed E-state index contributed by atoms with van der Waals surface area (Å²) >= 11 is 7.70. The zero-order valence-electron chi connectivity index (χ0n) is 16.7. The van der Waals surface area contributed by atoms with Crippen LogP contribution >= 0.6 is 46.0 Å². The number of hydrogen-bond donors (Lipinski definition) is 4. The van der Waals surface area contributed by atoms with Gasteiger partial charge in [-0.25, -0.2) is 9.78 Å². The lowest BCUT2D eigenvalue weighted by atomic mass is 9.86. The number of thiazole rings is 1. The Balaban J connectivity index is 1.52. The van der Waals surface area contributed by atoms with Gasteiger partial charge in [-0.05, 0) is 12.8 Å². The highest BCUT2D eigenvalue weighted by molar-refractivity contribution is 8.04. The molecular formula is C16H11ClF3N7O5S3. The van der Waals surface area contributed by atoms with E-state index in [1.54, 1.807) is 0 Å². The molecule has 4 heterocycles. The van der Waals surface area contributed by atoms with Crippen LogP contribution in [0.25, 0.3) is 0 Å². The summed E-state index contributed by atoms with van der Waals surface area (Å²) in [4.78, 5) is 42.2. The van der Waals surface area contributed by atoms with Crippen LogP contribution in [0.1, 0.15) is 23.5 Å². The molecule has 4 rings (SSSR count). The van der Waals surface area contributed by atoms with Gasteiger partial charge in [-0.3, -0.25) is 14.5 Å². The van der Waals surface area contributed by atoms with Crippen molar-refractivity contribution >= 4 is 74.7 Å². The first-order valence-corrected chi connectivity index (χ1v) is 12.1. The smallest absolute Gasteiger partial charge is 0.445 e. The number of nitrogen functional groups attached to an aromatic ring is 1. The third-order valence-electron chi connectivity index (χ3n) is 4.88. The fourth-order valence-corrected chi connectivity index (χ4v) is 6.34. The number of allylic oxidation sites excluding steroid dienone is 1. The Hall–Kier alpha value is -2.96. The Morgan fingerprint density at radius 2 is 2.03 bits per heavy atom. The van der Waals surface area contributed by atoms with Crippen LogP contribution in [0.2, 0.25) is 4.34 Å². The second-order valence-corrected chi connectivity index (χ2v) is 10.9. The average Bonchev–Trinajstić information content (AvgIpc) is 3.38. The number of carboxylic acids is 1. The van der Waals surface area contributed by atoms with Crippen LogP contribution in [0, 0.1) is 0 Å². The van der Waals surface area contributed by atoms with Crippen molar-refractivity contribution in [3.63, 3.8) is 0 Å². The molecule has 2 atom stereocenters. The van der Waals surface area contributed by atoms with Crippen LogP contribution in [-0.2, 0) is 20.6 Å². The van der Waals surface area contributed by atoms with Gasteiger partial charge in [0.2, 0.25) is 5.01 Å². The standard InChI is InChI=1S/C16H11ClF3N7O5S3/c17-9-6(23-14(21)34-9)7(26-32)10(28)22-5-3-1-2-4(8(12(30)31)27(3)11(5)29)33-15-25-24-13(35-15)16(18,19)20/h3,5,32H,1-2H2,(H2,21,23)(H,22,28)(H,30,31)/b26-7-/t3-,5+/m1/s1. The minimum absolute atomic E-state index is 0.0103. The Labute approximate surface area is 209 Å². The van der Waals surface area contributed by atoms with Gasteiger partial charge in [0.25, 0.3) is 11.8 Å². The molecule has 2 aliphatic heterocycles. The number of thioether (sulfide) groups is 1. The normalized spacial score (nSPS) is 20.5. The molecule has 0 aromatic carbocycles. The summed E-state index contributed by atoms with van der Waals surface area (Å²) in [5.41, 5.74) is 4.32. The maximum Gasteiger partial charge on any atom is 0.445 e. The van der Waals surface area contributed by atoms with E-state index in [0.717, 1.165) is 16.2 Å². The van der Waals surface area contributed by atoms with E-state index in [1.165, 1.54) is 0 Å². The highest BCUT2D eigenvalue weighted by atomic mass is 35.5. The number of nitrogens with zero attached hydrogens (tertiary/aromatic N) is 5. The van der Waals surface area contributed by atoms with Gasteiger partial charge >= 0.3 is 12.1 Å². The minimum atomic E-state index is -4.69. The molecule has 2 aromatic rings. The molecule has 12 nitrogen and oxygen atoms in total. The summed E-state index contributed by atoms with van der Waals surface area (Å²) in [7, 11) is 0. The number of carbonyl (C=O) groups excluding carboxylic acids is 2. The Bertz CT molecular complexity index is 1290. The molecule has 0 spiro atoms. The summed E-state index contributed by atoms with van der Waals surface area (Å²) in [6.07, 6.45) is -4.41. The molecule has 1 saturated heterocycles. The molecule has 19 heteroatoms. The van der Waals surface area contributed by atoms with Crippen molar-refractivity contribution in [3.05, 3.63) is 25.6 Å². The summed E-state index contributed by atoms with van der Waals surface area (Å²) < 4.78 is 38.2. The van der Waals surface area contributed by atoms with Crippen molar-refractivity contribution in [1.29, 1.82) is 0 Å². The number of halogens is 4. The predicted octanol–water partition coefficient (Wildman–Crippen LogP) is 2.01. The van der Waals surface area contributed by atoms with Crippen molar-refractivity contribution in [1.82, 2.24) is 25.4 Å². The number of carboxylic acid groups (broad SMARTS) is 1. The quantitative estimate of drug-likeness (QED) is 0.174. The van der Waals surface area contributed by atoms with Gasteiger partial charge < -0.3 is 21.4 Å². The van der Waals surface area contributed by atoms with Gasteiger partial charge in [0.15, 0.2) is 15.2 Å². The van der Waals surface area contributed by atoms with E-state index in [9.17, 15) is 37.9 Å². The van der Waals surface area contributed by atoms with E-state index in [2.05, 4.69) is 25.7 Å².